The lowest BCUT2D eigenvalue weighted by Gasteiger charge is -2.29. The number of hydrogen-bond acceptors (Lipinski definition) is 5. The summed E-state index contributed by atoms with van der Waals surface area (Å²) < 4.78 is 76.1. The molecular formula is C26H25BrF3NO5S. The summed E-state index contributed by atoms with van der Waals surface area (Å²) in [6.45, 7) is 3.96. The largest absolute Gasteiger partial charge is 0.493 e. The summed E-state index contributed by atoms with van der Waals surface area (Å²) in [4.78, 5) is 14.4. The van der Waals surface area contributed by atoms with Gasteiger partial charge in [-0.25, -0.2) is 0 Å². The van der Waals surface area contributed by atoms with Crippen molar-refractivity contribution in [2.24, 2.45) is 0 Å². The first kappa shape index (κ1) is 28.5. The van der Waals surface area contributed by atoms with Crippen LogP contribution in [0.5, 0.6) is 11.5 Å². The van der Waals surface area contributed by atoms with Gasteiger partial charge in [-0.05, 0) is 77.3 Å². The number of nitrogens with zero attached hydrogens (tertiary/aromatic N) is 1. The van der Waals surface area contributed by atoms with Crippen molar-refractivity contribution in [1.29, 1.82) is 0 Å². The third-order valence-electron chi connectivity index (χ3n) is 5.72. The molecule has 0 aliphatic rings. The van der Waals surface area contributed by atoms with Gasteiger partial charge in [0.05, 0.1) is 18.2 Å². The van der Waals surface area contributed by atoms with Crippen LogP contribution in [0.4, 0.5) is 13.2 Å². The molecule has 0 aliphatic carbocycles. The molecule has 1 atom stereocenters. The minimum absolute atomic E-state index is 0.0616. The molecule has 0 N–H and O–H groups in total. The average molecular weight is 600 g/mol. The molecule has 1 amide bonds. The topological polar surface area (TPSA) is 72.9 Å². The van der Waals surface area contributed by atoms with Gasteiger partial charge in [-0.3, -0.25) is 4.79 Å². The molecule has 0 aromatic heterocycles. The number of benzene rings is 3. The molecule has 0 saturated carbocycles. The van der Waals surface area contributed by atoms with Crippen molar-refractivity contribution < 1.29 is 35.3 Å². The van der Waals surface area contributed by atoms with Crippen molar-refractivity contribution in [3.05, 3.63) is 87.9 Å². The second-order valence-electron chi connectivity index (χ2n) is 8.22. The van der Waals surface area contributed by atoms with Gasteiger partial charge in [0.25, 0.3) is 5.91 Å². The van der Waals surface area contributed by atoms with Gasteiger partial charge in [0.15, 0.2) is 11.5 Å². The Morgan fingerprint density at radius 3 is 2.35 bits per heavy atom. The third-order valence-corrected chi connectivity index (χ3v) is 7.64. The molecular weight excluding hydrogens is 575 g/mol. The zero-order chi connectivity index (χ0) is 27.4. The highest BCUT2D eigenvalue weighted by Gasteiger charge is 2.32. The van der Waals surface area contributed by atoms with Crippen molar-refractivity contribution >= 4 is 32.0 Å². The zero-order valence-electron chi connectivity index (χ0n) is 20.3. The van der Waals surface area contributed by atoms with Gasteiger partial charge in [0.1, 0.15) is 4.90 Å². The van der Waals surface area contributed by atoms with Crippen LogP contribution < -0.4 is 8.92 Å². The smallest absolute Gasteiger partial charge is 0.416 e. The molecule has 0 radical (unpaired) electrons. The lowest BCUT2D eigenvalue weighted by molar-refractivity contribution is -0.137. The van der Waals surface area contributed by atoms with E-state index in [1.54, 1.807) is 35.2 Å². The quantitative estimate of drug-likeness (QED) is 0.256. The van der Waals surface area contributed by atoms with E-state index in [9.17, 15) is 26.4 Å². The first-order valence-electron chi connectivity index (χ1n) is 11.2. The van der Waals surface area contributed by atoms with E-state index in [1.807, 2.05) is 13.8 Å². The summed E-state index contributed by atoms with van der Waals surface area (Å²) in [5.74, 6) is -0.377. The van der Waals surface area contributed by atoms with Crippen LogP contribution in [0, 0.1) is 0 Å². The molecule has 3 aromatic carbocycles. The van der Waals surface area contributed by atoms with E-state index in [4.69, 9.17) is 8.92 Å². The Bertz CT molecular complexity index is 1380. The fourth-order valence-corrected chi connectivity index (χ4v) is 4.95. The Hall–Kier alpha value is -3.05. The molecule has 0 aliphatic heterocycles. The molecule has 37 heavy (non-hydrogen) atoms. The Balaban J connectivity index is 1.95. The van der Waals surface area contributed by atoms with Crippen LogP contribution in [0.1, 0.15) is 41.8 Å². The van der Waals surface area contributed by atoms with Crippen LogP contribution in [0.2, 0.25) is 0 Å². The zero-order valence-corrected chi connectivity index (χ0v) is 22.7. The minimum Gasteiger partial charge on any atom is -0.493 e. The predicted molar refractivity (Wildman–Crippen MR) is 136 cm³/mol. The highest BCUT2D eigenvalue weighted by atomic mass is 79.9. The van der Waals surface area contributed by atoms with Crippen LogP contribution in [-0.2, 0) is 22.8 Å². The lowest BCUT2D eigenvalue weighted by atomic mass is 10.1. The van der Waals surface area contributed by atoms with Gasteiger partial charge in [-0.2, -0.15) is 21.6 Å². The van der Waals surface area contributed by atoms with E-state index in [0.717, 1.165) is 18.2 Å². The Morgan fingerprint density at radius 2 is 1.73 bits per heavy atom. The fourth-order valence-electron chi connectivity index (χ4n) is 3.51. The Kier molecular flexibility index (Phi) is 8.91. The number of methoxy groups -OCH3 is 1. The van der Waals surface area contributed by atoms with Gasteiger partial charge in [-0.15, -0.1) is 0 Å². The molecule has 198 valence electrons. The van der Waals surface area contributed by atoms with E-state index in [2.05, 4.69) is 15.9 Å². The molecule has 1 unspecified atom stereocenters. The van der Waals surface area contributed by atoms with E-state index < -0.39 is 26.8 Å². The highest BCUT2D eigenvalue weighted by molar-refractivity contribution is 9.10. The first-order chi connectivity index (χ1) is 17.4. The van der Waals surface area contributed by atoms with Gasteiger partial charge in [0.2, 0.25) is 0 Å². The lowest BCUT2D eigenvalue weighted by Crippen LogP contribution is -2.38. The monoisotopic (exact) mass is 599 g/mol. The van der Waals surface area contributed by atoms with E-state index in [-0.39, 0.29) is 30.0 Å². The average Bonchev–Trinajstić information content (AvgIpc) is 2.86. The first-order valence-corrected chi connectivity index (χ1v) is 13.4. The summed E-state index contributed by atoms with van der Waals surface area (Å²) in [5.41, 5.74) is -0.108. The van der Waals surface area contributed by atoms with Gasteiger partial charge < -0.3 is 13.8 Å². The number of carbonyl (C=O) groups excluding carboxylic acids is 1. The normalized spacial score (nSPS) is 12.6. The van der Waals surface area contributed by atoms with Crippen LogP contribution in [-0.4, -0.2) is 32.4 Å². The van der Waals surface area contributed by atoms with Gasteiger partial charge in [-0.1, -0.05) is 31.2 Å². The van der Waals surface area contributed by atoms with Crippen LogP contribution in [0.15, 0.2) is 76.1 Å². The van der Waals surface area contributed by atoms with Gasteiger partial charge >= 0.3 is 16.3 Å². The van der Waals surface area contributed by atoms with Crippen molar-refractivity contribution in [1.82, 2.24) is 4.90 Å². The van der Waals surface area contributed by atoms with E-state index >= 15 is 0 Å². The summed E-state index contributed by atoms with van der Waals surface area (Å²) in [7, 11) is -3.32. The van der Waals surface area contributed by atoms with Crippen LogP contribution >= 0.6 is 15.9 Å². The maximum atomic E-state index is 13.4. The number of amides is 1. The predicted octanol–water partition coefficient (Wildman–Crippen LogP) is 6.69. The molecule has 0 spiro atoms. The van der Waals surface area contributed by atoms with Crippen molar-refractivity contribution in [3.8, 4) is 11.5 Å². The summed E-state index contributed by atoms with van der Waals surface area (Å²) in [5, 5.41) is 0. The minimum atomic E-state index is -4.72. The van der Waals surface area contributed by atoms with E-state index in [1.165, 1.54) is 19.2 Å². The van der Waals surface area contributed by atoms with Gasteiger partial charge in [0, 0.05) is 17.1 Å². The Labute approximate surface area is 222 Å². The summed E-state index contributed by atoms with van der Waals surface area (Å²) >= 11 is 3.40. The second-order valence-corrected chi connectivity index (χ2v) is 10.6. The van der Waals surface area contributed by atoms with Crippen molar-refractivity contribution in [2.45, 2.75) is 43.9 Å². The number of ether oxygens (including phenoxy) is 1. The molecule has 11 heteroatoms. The maximum absolute atomic E-state index is 13.4. The molecule has 0 bridgehead atoms. The summed E-state index contributed by atoms with van der Waals surface area (Å²) in [6, 6.07) is 14.7. The third kappa shape index (κ3) is 6.84. The van der Waals surface area contributed by atoms with Crippen LogP contribution in [0.25, 0.3) is 0 Å². The molecule has 3 aromatic rings. The number of rotatable bonds is 9. The molecule has 3 rings (SSSR count). The SMILES string of the molecule is CCC(C)N(Cc1ccc(OC)c(OS(=O)(=O)c2cccc(C(F)(F)F)c2)c1)C(=O)c1ccccc1Br. The van der Waals surface area contributed by atoms with E-state index in [0.29, 0.717) is 28.1 Å². The fraction of sp³-hybridized carbons (Fsp3) is 0.269. The summed E-state index contributed by atoms with van der Waals surface area (Å²) in [6.07, 6.45) is -4.05. The number of alkyl halides is 3. The molecule has 0 saturated heterocycles. The molecule has 0 fully saturated rings. The van der Waals surface area contributed by atoms with Crippen LogP contribution in [0.3, 0.4) is 0 Å². The molecule has 0 heterocycles. The molecule has 6 nitrogen and oxygen atoms in total. The second kappa shape index (κ2) is 11.6. The maximum Gasteiger partial charge on any atom is 0.416 e. The van der Waals surface area contributed by atoms with Crippen molar-refractivity contribution in [2.75, 3.05) is 7.11 Å². The standard InChI is InChI=1S/C26H25BrF3NO5S/c1-4-17(2)31(25(32)21-10-5-6-11-22(21)27)16-18-12-13-23(35-3)24(14-18)36-37(33,34)20-9-7-8-19(15-20)26(28,29)30/h5-15,17H,4,16H2,1-3H3. The Morgan fingerprint density at radius 1 is 1.03 bits per heavy atom. The number of carbonyl (C=O) groups is 1. The number of halogens is 4. The number of hydrogen-bond donors (Lipinski definition) is 0. The van der Waals surface area contributed by atoms with Crippen molar-refractivity contribution in [3.63, 3.8) is 0 Å². The highest BCUT2D eigenvalue weighted by Crippen LogP contribution is 2.34.